The van der Waals surface area contributed by atoms with Gasteiger partial charge in [0.2, 0.25) is 10.0 Å². The third kappa shape index (κ3) is 3.04. The van der Waals surface area contributed by atoms with Gasteiger partial charge in [-0.25, -0.2) is 18.4 Å². The predicted molar refractivity (Wildman–Crippen MR) is 98.3 cm³/mol. The van der Waals surface area contributed by atoms with Crippen molar-refractivity contribution in [3.8, 4) is 0 Å². The Bertz CT molecular complexity index is 956. The van der Waals surface area contributed by atoms with Crippen LogP contribution in [0.3, 0.4) is 0 Å². The Balaban J connectivity index is 1.49. The van der Waals surface area contributed by atoms with Crippen molar-refractivity contribution in [1.29, 1.82) is 0 Å². The van der Waals surface area contributed by atoms with E-state index < -0.39 is 15.3 Å². The standard InChI is InChI=1S/C17H20N4O3S2/c1-11-4-3-5-15(18-11)17(22)20-6-13-7-21(26(23,24)16(13)9-20)8-14-10-25-12(2)19-14/h3-5,10,13,16H,6-9H2,1-2H3/t13-,16-/m0/s1. The Labute approximate surface area is 156 Å². The predicted octanol–water partition coefficient (Wildman–Crippen LogP) is 1.44. The second-order valence-electron chi connectivity index (χ2n) is 6.87. The molecule has 9 heteroatoms. The number of carbonyl (C=O) groups is 1. The number of hydrogen-bond acceptors (Lipinski definition) is 6. The van der Waals surface area contributed by atoms with Crippen LogP contribution in [-0.2, 0) is 16.6 Å². The van der Waals surface area contributed by atoms with Gasteiger partial charge in [0.05, 0.1) is 22.5 Å². The third-order valence-corrected chi connectivity index (χ3v) is 8.08. The molecule has 4 heterocycles. The minimum Gasteiger partial charge on any atom is -0.336 e. The number of fused-ring (bicyclic) bond motifs is 1. The first-order valence-corrected chi connectivity index (χ1v) is 10.9. The quantitative estimate of drug-likeness (QED) is 0.789. The maximum Gasteiger partial charge on any atom is 0.272 e. The molecule has 0 bridgehead atoms. The molecule has 0 spiro atoms. The highest BCUT2D eigenvalue weighted by Crippen LogP contribution is 2.35. The van der Waals surface area contributed by atoms with Crippen molar-refractivity contribution < 1.29 is 13.2 Å². The number of likely N-dealkylation sites (tertiary alicyclic amines) is 1. The summed E-state index contributed by atoms with van der Waals surface area (Å²) in [5.41, 5.74) is 1.93. The molecule has 0 radical (unpaired) electrons. The van der Waals surface area contributed by atoms with Crippen molar-refractivity contribution in [2.45, 2.75) is 25.6 Å². The average molecular weight is 393 g/mol. The van der Waals surface area contributed by atoms with E-state index in [1.54, 1.807) is 17.0 Å². The zero-order valence-corrected chi connectivity index (χ0v) is 16.3. The molecule has 2 aromatic rings. The normalized spacial score (nSPS) is 24.8. The molecule has 2 aliphatic rings. The smallest absolute Gasteiger partial charge is 0.272 e. The highest BCUT2D eigenvalue weighted by Gasteiger charge is 2.52. The van der Waals surface area contributed by atoms with E-state index in [4.69, 9.17) is 0 Å². The fraction of sp³-hybridized carbons (Fsp3) is 0.471. The monoisotopic (exact) mass is 392 g/mol. The molecule has 2 aromatic heterocycles. The van der Waals surface area contributed by atoms with Crippen LogP contribution in [0.2, 0.25) is 0 Å². The van der Waals surface area contributed by atoms with Crippen LogP contribution in [0.15, 0.2) is 23.6 Å². The number of thiazole rings is 1. The Kier molecular flexibility index (Phi) is 4.32. The summed E-state index contributed by atoms with van der Waals surface area (Å²) in [6.07, 6.45) is 0. The first kappa shape index (κ1) is 17.6. The lowest BCUT2D eigenvalue weighted by Crippen LogP contribution is -2.37. The zero-order valence-electron chi connectivity index (χ0n) is 14.6. The number of rotatable bonds is 3. The van der Waals surface area contributed by atoms with Gasteiger partial charge >= 0.3 is 0 Å². The molecule has 0 aromatic carbocycles. The molecule has 1 amide bonds. The van der Waals surface area contributed by atoms with Crippen molar-refractivity contribution in [1.82, 2.24) is 19.2 Å². The Morgan fingerprint density at radius 1 is 1.23 bits per heavy atom. The fourth-order valence-electron chi connectivity index (χ4n) is 3.72. The van der Waals surface area contributed by atoms with Crippen LogP contribution in [0.25, 0.3) is 0 Å². The van der Waals surface area contributed by atoms with Gasteiger partial charge in [0.15, 0.2) is 0 Å². The molecule has 7 nitrogen and oxygen atoms in total. The first-order chi connectivity index (χ1) is 12.3. The molecule has 0 aliphatic carbocycles. The van der Waals surface area contributed by atoms with E-state index in [1.807, 2.05) is 25.3 Å². The topological polar surface area (TPSA) is 83.5 Å². The summed E-state index contributed by atoms with van der Waals surface area (Å²) in [6, 6.07) is 5.30. The summed E-state index contributed by atoms with van der Waals surface area (Å²) in [5, 5.41) is 2.30. The van der Waals surface area contributed by atoms with Gasteiger partial charge in [0.25, 0.3) is 5.91 Å². The van der Waals surface area contributed by atoms with Crippen LogP contribution >= 0.6 is 11.3 Å². The number of amides is 1. The SMILES string of the molecule is Cc1cccc(C(=O)N2C[C@H]3CN(Cc4csc(C)n4)S(=O)(=O)[C@H]3C2)n1. The van der Waals surface area contributed by atoms with Crippen LogP contribution in [0.1, 0.15) is 26.9 Å². The highest BCUT2D eigenvalue weighted by atomic mass is 32.2. The molecule has 2 fully saturated rings. The fourth-order valence-corrected chi connectivity index (χ4v) is 6.44. The minimum absolute atomic E-state index is 0.0616. The summed E-state index contributed by atoms with van der Waals surface area (Å²) in [4.78, 5) is 22.9. The molecule has 138 valence electrons. The molecule has 26 heavy (non-hydrogen) atoms. The molecule has 4 rings (SSSR count). The molecule has 2 saturated heterocycles. The number of pyridine rings is 1. The third-order valence-electron chi connectivity index (χ3n) is 4.96. The van der Waals surface area contributed by atoms with Gasteiger partial charge < -0.3 is 4.90 Å². The Morgan fingerprint density at radius 3 is 2.69 bits per heavy atom. The van der Waals surface area contributed by atoms with Gasteiger partial charge in [-0.3, -0.25) is 4.79 Å². The summed E-state index contributed by atoms with van der Waals surface area (Å²) in [7, 11) is -3.43. The van der Waals surface area contributed by atoms with Gasteiger partial charge in [-0.05, 0) is 26.0 Å². The number of nitrogens with zero attached hydrogens (tertiary/aromatic N) is 4. The van der Waals surface area contributed by atoms with Crippen LogP contribution in [-0.4, -0.2) is 58.4 Å². The van der Waals surface area contributed by atoms with Gasteiger partial charge in [0, 0.05) is 36.6 Å². The van der Waals surface area contributed by atoms with Crippen LogP contribution in [0, 0.1) is 19.8 Å². The van der Waals surface area contributed by atoms with Crippen molar-refractivity contribution in [3.63, 3.8) is 0 Å². The van der Waals surface area contributed by atoms with Crippen molar-refractivity contribution in [2.75, 3.05) is 19.6 Å². The lowest BCUT2D eigenvalue weighted by Gasteiger charge is -2.21. The van der Waals surface area contributed by atoms with Gasteiger partial charge in [0.1, 0.15) is 5.69 Å². The van der Waals surface area contributed by atoms with Crippen molar-refractivity contribution >= 4 is 27.3 Å². The van der Waals surface area contributed by atoms with Gasteiger partial charge in [-0.2, -0.15) is 4.31 Å². The van der Waals surface area contributed by atoms with E-state index >= 15 is 0 Å². The molecule has 0 saturated carbocycles. The summed E-state index contributed by atoms with van der Waals surface area (Å²) in [5.74, 6) is -0.256. The number of aromatic nitrogens is 2. The number of hydrogen-bond donors (Lipinski definition) is 0. The van der Waals surface area contributed by atoms with E-state index in [0.717, 1.165) is 16.4 Å². The number of aryl methyl sites for hydroxylation is 2. The second kappa shape index (κ2) is 6.40. The molecule has 0 unspecified atom stereocenters. The summed E-state index contributed by atoms with van der Waals surface area (Å²) in [6.45, 7) is 5.17. The highest BCUT2D eigenvalue weighted by molar-refractivity contribution is 7.90. The van der Waals surface area contributed by atoms with Crippen LogP contribution in [0.5, 0.6) is 0 Å². The lowest BCUT2D eigenvalue weighted by molar-refractivity contribution is 0.0778. The minimum atomic E-state index is -3.43. The van der Waals surface area contributed by atoms with E-state index in [2.05, 4.69) is 9.97 Å². The maximum atomic E-state index is 12.9. The molecule has 2 atom stereocenters. The van der Waals surface area contributed by atoms with Crippen molar-refractivity contribution in [3.05, 3.63) is 45.7 Å². The van der Waals surface area contributed by atoms with E-state index in [-0.39, 0.29) is 18.4 Å². The van der Waals surface area contributed by atoms with Gasteiger partial charge in [-0.1, -0.05) is 6.07 Å². The largest absolute Gasteiger partial charge is 0.336 e. The molecular formula is C17H20N4O3S2. The van der Waals surface area contributed by atoms with Crippen molar-refractivity contribution in [2.24, 2.45) is 5.92 Å². The van der Waals surface area contributed by atoms with E-state index in [1.165, 1.54) is 15.6 Å². The molecule has 0 N–H and O–H groups in total. The van der Waals surface area contributed by atoms with E-state index in [0.29, 0.717) is 25.3 Å². The van der Waals surface area contributed by atoms with Crippen LogP contribution in [0.4, 0.5) is 0 Å². The maximum absolute atomic E-state index is 12.9. The molecule has 2 aliphatic heterocycles. The zero-order chi connectivity index (χ0) is 18.5. The first-order valence-electron chi connectivity index (χ1n) is 8.47. The van der Waals surface area contributed by atoms with E-state index in [9.17, 15) is 13.2 Å². The number of carbonyl (C=O) groups excluding carboxylic acids is 1. The summed E-state index contributed by atoms with van der Waals surface area (Å²) < 4.78 is 27.3. The lowest BCUT2D eigenvalue weighted by atomic mass is 10.1. The Morgan fingerprint density at radius 2 is 2.04 bits per heavy atom. The Hall–Kier alpha value is -1.84. The average Bonchev–Trinajstić information content (AvgIpc) is 3.25. The van der Waals surface area contributed by atoms with Gasteiger partial charge in [-0.15, -0.1) is 11.3 Å². The molecular weight excluding hydrogens is 372 g/mol. The van der Waals surface area contributed by atoms with Crippen LogP contribution < -0.4 is 0 Å². The summed E-state index contributed by atoms with van der Waals surface area (Å²) >= 11 is 1.52. The second-order valence-corrected chi connectivity index (χ2v) is 10.1. The number of sulfonamides is 1.